The predicted molar refractivity (Wildman–Crippen MR) is 103 cm³/mol. The van der Waals surface area contributed by atoms with Gasteiger partial charge in [0.15, 0.2) is 0 Å². The summed E-state index contributed by atoms with van der Waals surface area (Å²) < 4.78 is 11.3. The Bertz CT molecular complexity index is 748. The van der Waals surface area contributed by atoms with E-state index in [0.717, 1.165) is 23.4 Å². The van der Waals surface area contributed by atoms with E-state index < -0.39 is 0 Å². The van der Waals surface area contributed by atoms with Crippen molar-refractivity contribution in [3.63, 3.8) is 0 Å². The van der Waals surface area contributed by atoms with E-state index in [0.29, 0.717) is 31.9 Å². The monoisotopic (exact) mass is 354 g/mol. The number of anilines is 1. The molecule has 1 heterocycles. The van der Waals surface area contributed by atoms with Crippen molar-refractivity contribution in [3.8, 4) is 5.75 Å². The average Bonchev–Trinajstić information content (AvgIpc) is 2.68. The zero-order chi connectivity index (χ0) is 18.4. The van der Waals surface area contributed by atoms with Crippen LogP contribution in [0.25, 0.3) is 0 Å². The van der Waals surface area contributed by atoms with Crippen LogP contribution in [0.4, 0.5) is 5.69 Å². The highest BCUT2D eigenvalue weighted by molar-refractivity contribution is 6.01. The lowest BCUT2D eigenvalue weighted by Gasteiger charge is -2.38. The molecule has 0 aliphatic carbocycles. The number of fused-ring (bicyclic) bond motifs is 1. The van der Waals surface area contributed by atoms with Crippen molar-refractivity contribution in [1.82, 2.24) is 4.90 Å². The number of rotatable bonds is 8. The Morgan fingerprint density at radius 2 is 1.81 bits per heavy atom. The molecule has 5 heteroatoms. The molecule has 0 saturated carbocycles. The van der Waals surface area contributed by atoms with Crippen LogP contribution in [-0.4, -0.2) is 37.2 Å². The fourth-order valence-electron chi connectivity index (χ4n) is 3.20. The van der Waals surface area contributed by atoms with Gasteiger partial charge in [0.05, 0.1) is 12.2 Å². The van der Waals surface area contributed by atoms with E-state index in [4.69, 9.17) is 9.47 Å². The SMILES string of the molecule is CCCN1C(=O)c2ccccc2NC1c1ccccc1OCCOCC. The van der Waals surface area contributed by atoms with Crippen LogP contribution in [0.5, 0.6) is 5.75 Å². The number of hydrogen-bond acceptors (Lipinski definition) is 4. The number of para-hydroxylation sites is 2. The van der Waals surface area contributed by atoms with Crippen LogP contribution in [0.3, 0.4) is 0 Å². The van der Waals surface area contributed by atoms with Crippen LogP contribution in [0, 0.1) is 0 Å². The molecule has 0 radical (unpaired) electrons. The number of nitrogens with zero attached hydrogens (tertiary/aromatic N) is 1. The average molecular weight is 354 g/mol. The van der Waals surface area contributed by atoms with Gasteiger partial charge in [0.2, 0.25) is 0 Å². The van der Waals surface area contributed by atoms with Crippen molar-refractivity contribution in [2.24, 2.45) is 0 Å². The first-order chi connectivity index (χ1) is 12.8. The number of hydrogen-bond donors (Lipinski definition) is 1. The van der Waals surface area contributed by atoms with E-state index in [2.05, 4.69) is 12.2 Å². The van der Waals surface area contributed by atoms with Gasteiger partial charge in [-0.25, -0.2) is 0 Å². The Balaban J connectivity index is 1.90. The first-order valence-corrected chi connectivity index (χ1v) is 9.22. The van der Waals surface area contributed by atoms with Crippen molar-refractivity contribution < 1.29 is 14.3 Å². The second-order valence-electron chi connectivity index (χ2n) is 6.17. The molecule has 2 aromatic rings. The Morgan fingerprint density at radius 3 is 2.62 bits per heavy atom. The molecular formula is C21H26N2O3. The Hall–Kier alpha value is -2.53. The summed E-state index contributed by atoms with van der Waals surface area (Å²) in [6.07, 6.45) is 0.639. The molecule has 1 unspecified atom stereocenters. The summed E-state index contributed by atoms with van der Waals surface area (Å²) in [6.45, 7) is 6.42. The van der Waals surface area contributed by atoms with Crippen LogP contribution in [-0.2, 0) is 4.74 Å². The van der Waals surface area contributed by atoms with Crippen molar-refractivity contribution in [2.75, 3.05) is 31.7 Å². The fraction of sp³-hybridized carbons (Fsp3) is 0.381. The molecule has 5 nitrogen and oxygen atoms in total. The van der Waals surface area contributed by atoms with Gasteiger partial charge in [-0.3, -0.25) is 4.79 Å². The summed E-state index contributed by atoms with van der Waals surface area (Å²) in [6, 6.07) is 15.5. The third kappa shape index (κ3) is 3.83. The smallest absolute Gasteiger partial charge is 0.257 e. The number of benzene rings is 2. The number of carbonyl (C=O) groups is 1. The van der Waals surface area contributed by atoms with E-state index in [-0.39, 0.29) is 12.1 Å². The van der Waals surface area contributed by atoms with E-state index in [9.17, 15) is 4.79 Å². The van der Waals surface area contributed by atoms with Gasteiger partial charge in [-0.05, 0) is 31.5 Å². The van der Waals surface area contributed by atoms with Crippen LogP contribution in [0.1, 0.15) is 42.4 Å². The largest absolute Gasteiger partial charge is 0.491 e. The molecule has 3 rings (SSSR count). The van der Waals surface area contributed by atoms with Gasteiger partial charge in [0, 0.05) is 24.4 Å². The second kappa shape index (κ2) is 8.72. The molecule has 2 aromatic carbocycles. The maximum Gasteiger partial charge on any atom is 0.257 e. The van der Waals surface area contributed by atoms with Crippen LogP contribution in [0.2, 0.25) is 0 Å². The van der Waals surface area contributed by atoms with Crippen LogP contribution >= 0.6 is 0 Å². The summed E-state index contributed by atoms with van der Waals surface area (Å²) in [5.74, 6) is 0.827. The lowest BCUT2D eigenvalue weighted by molar-refractivity contribution is 0.0678. The van der Waals surface area contributed by atoms with E-state index >= 15 is 0 Å². The fourth-order valence-corrected chi connectivity index (χ4v) is 3.20. The topological polar surface area (TPSA) is 50.8 Å². The number of amides is 1. The first kappa shape index (κ1) is 18.3. The second-order valence-corrected chi connectivity index (χ2v) is 6.17. The molecule has 1 amide bonds. The quantitative estimate of drug-likeness (QED) is 0.726. The maximum absolute atomic E-state index is 13.0. The summed E-state index contributed by atoms with van der Waals surface area (Å²) in [5.41, 5.74) is 2.53. The standard InChI is InChI=1S/C21H26N2O3/c1-3-13-23-20(22-18-11-7-5-9-16(18)21(23)24)17-10-6-8-12-19(17)26-15-14-25-4-2/h5-12,20,22H,3-4,13-15H2,1-2H3. The van der Waals surface area contributed by atoms with Gasteiger partial charge < -0.3 is 19.7 Å². The van der Waals surface area contributed by atoms with Crippen molar-refractivity contribution in [1.29, 1.82) is 0 Å². The molecule has 0 saturated heterocycles. The van der Waals surface area contributed by atoms with Gasteiger partial charge >= 0.3 is 0 Å². The summed E-state index contributed by atoms with van der Waals surface area (Å²) in [5, 5.41) is 3.51. The molecule has 26 heavy (non-hydrogen) atoms. The minimum atomic E-state index is -0.249. The first-order valence-electron chi connectivity index (χ1n) is 9.22. The Kier molecular flexibility index (Phi) is 6.12. The van der Waals surface area contributed by atoms with E-state index in [1.807, 2.05) is 60.4 Å². The third-order valence-electron chi connectivity index (χ3n) is 4.39. The highest BCUT2D eigenvalue weighted by Gasteiger charge is 2.33. The molecule has 1 aliphatic heterocycles. The molecule has 1 atom stereocenters. The summed E-state index contributed by atoms with van der Waals surface area (Å²) in [7, 11) is 0. The van der Waals surface area contributed by atoms with Gasteiger partial charge in [0.1, 0.15) is 18.5 Å². The lowest BCUT2D eigenvalue weighted by atomic mass is 10.0. The highest BCUT2D eigenvalue weighted by Crippen LogP contribution is 2.36. The number of ether oxygens (including phenoxy) is 2. The zero-order valence-corrected chi connectivity index (χ0v) is 15.4. The number of carbonyl (C=O) groups excluding carboxylic acids is 1. The van der Waals surface area contributed by atoms with Gasteiger partial charge in [-0.15, -0.1) is 0 Å². The van der Waals surface area contributed by atoms with Crippen LogP contribution in [0.15, 0.2) is 48.5 Å². The van der Waals surface area contributed by atoms with Gasteiger partial charge in [0.25, 0.3) is 5.91 Å². The molecule has 138 valence electrons. The van der Waals surface area contributed by atoms with Crippen molar-refractivity contribution in [2.45, 2.75) is 26.4 Å². The predicted octanol–water partition coefficient (Wildman–Crippen LogP) is 4.08. The van der Waals surface area contributed by atoms with Gasteiger partial charge in [-0.1, -0.05) is 37.3 Å². The van der Waals surface area contributed by atoms with Crippen molar-refractivity contribution in [3.05, 3.63) is 59.7 Å². The van der Waals surface area contributed by atoms with Crippen molar-refractivity contribution >= 4 is 11.6 Å². The maximum atomic E-state index is 13.0. The molecule has 0 aromatic heterocycles. The van der Waals surface area contributed by atoms with Gasteiger partial charge in [-0.2, -0.15) is 0 Å². The van der Waals surface area contributed by atoms with E-state index in [1.54, 1.807) is 0 Å². The molecule has 0 bridgehead atoms. The normalized spacial score (nSPS) is 16.2. The Morgan fingerprint density at radius 1 is 1.04 bits per heavy atom. The Labute approximate surface area is 154 Å². The van der Waals surface area contributed by atoms with E-state index in [1.165, 1.54) is 0 Å². The minimum Gasteiger partial charge on any atom is -0.491 e. The zero-order valence-electron chi connectivity index (χ0n) is 15.4. The van der Waals surface area contributed by atoms with Crippen LogP contribution < -0.4 is 10.1 Å². The minimum absolute atomic E-state index is 0.0512. The summed E-state index contributed by atoms with van der Waals surface area (Å²) in [4.78, 5) is 14.9. The lowest BCUT2D eigenvalue weighted by Crippen LogP contribution is -2.43. The molecule has 1 N–H and O–H groups in total. The highest BCUT2D eigenvalue weighted by atomic mass is 16.5. The molecule has 0 fully saturated rings. The molecular weight excluding hydrogens is 328 g/mol. The molecule has 0 spiro atoms. The number of nitrogens with one attached hydrogen (secondary N) is 1. The third-order valence-corrected chi connectivity index (χ3v) is 4.39. The molecule has 1 aliphatic rings. The summed E-state index contributed by atoms with van der Waals surface area (Å²) >= 11 is 0.